The average molecular weight is 330 g/mol. The fourth-order valence-corrected chi connectivity index (χ4v) is 3.78. The molecule has 0 amide bonds. The fourth-order valence-electron chi connectivity index (χ4n) is 1.79. The van der Waals surface area contributed by atoms with Gasteiger partial charge >= 0.3 is 0 Å². The highest BCUT2D eigenvalue weighted by molar-refractivity contribution is 7.89. The zero-order chi connectivity index (χ0) is 14.8. The average Bonchev–Trinajstić information content (AvgIpc) is 2.42. The number of hydrogen-bond acceptors (Lipinski definition) is 2. The Morgan fingerprint density at radius 1 is 1.05 bits per heavy atom. The van der Waals surface area contributed by atoms with E-state index < -0.39 is 10.0 Å². The normalized spacial score (nSPS) is 13.2. The highest BCUT2D eigenvalue weighted by Crippen LogP contribution is 2.26. The molecule has 0 spiro atoms. The molecule has 0 saturated heterocycles. The first-order valence-corrected chi connectivity index (χ1v) is 8.16. The predicted octanol–water partition coefficient (Wildman–Crippen LogP) is 4.03. The van der Waals surface area contributed by atoms with Crippen LogP contribution in [0.5, 0.6) is 0 Å². The van der Waals surface area contributed by atoms with Crippen LogP contribution in [0, 0.1) is 0 Å². The summed E-state index contributed by atoms with van der Waals surface area (Å²) in [6, 6.07) is 13.3. The van der Waals surface area contributed by atoms with Gasteiger partial charge in [-0.2, -0.15) is 0 Å². The lowest BCUT2D eigenvalue weighted by Gasteiger charge is -2.15. The molecule has 0 saturated carbocycles. The number of nitrogens with one attached hydrogen (secondary N) is 1. The van der Waals surface area contributed by atoms with Gasteiger partial charge in [-0.15, -0.1) is 0 Å². The Morgan fingerprint density at radius 2 is 1.70 bits per heavy atom. The molecule has 0 radical (unpaired) electrons. The van der Waals surface area contributed by atoms with Gasteiger partial charge in [0.05, 0.1) is 5.02 Å². The lowest BCUT2D eigenvalue weighted by atomic mass is 10.1. The van der Waals surface area contributed by atoms with E-state index in [4.69, 9.17) is 23.2 Å². The van der Waals surface area contributed by atoms with E-state index >= 15 is 0 Å². The first-order chi connectivity index (χ1) is 9.40. The van der Waals surface area contributed by atoms with Crippen molar-refractivity contribution >= 4 is 33.2 Å². The van der Waals surface area contributed by atoms with Crippen LogP contribution in [0.3, 0.4) is 0 Å². The minimum Gasteiger partial charge on any atom is -0.207 e. The summed E-state index contributed by atoms with van der Waals surface area (Å²) in [5, 5.41) is 0.462. The Balaban J connectivity index is 2.30. The van der Waals surface area contributed by atoms with Crippen LogP contribution in [0.15, 0.2) is 53.4 Å². The number of halogens is 2. The summed E-state index contributed by atoms with van der Waals surface area (Å²) in [5.74, 6) is 0. The van der Waals surface area contributed by atoms with Crippen LogP contribution in [0.2, 0.25) is 10.0 Å². The first kappa shape index (κ1) is 15.3. The van der Waals surface area contributed by atoms with Gasteiger partial charge in [0.1, 0.15) is 4.90 Å². The van der Waals surface area contributed by atoms with Crippen LogP contribution in [-0.2, 0) is 10.0 Å². The second-order valence-electron chi connectivity index (χ2n) is 4.33. The summed E-state index contributed by atoms with van der Waals surface area (Å²) >= 11 is 11.8. The van der Waals surface area contributed by atoms with Crippen LogP contribution in [0.4, 0.5) is 0 Å². The topological polar surface area (TPSA) is 46.2 Å². The number of sulfonamides is 1. The molecule has 2 aromatic carbocycles. The molecule has 0 aliphatic heterocycles. The quantitative estimate of drug-likeness (QED) is 0.920. The molecule has 3 nitrogen and oxygen atoms in total. The van der Waals surface area contributed by atoms with E-state index in [0.29, 0.717) is 5.02 Å². The second-order valence-corrected chi connectivity index (χ2v) is 6.85. The van der Waals surface area contributed by atoms with Crippen molar-refractivity contribution in [1.82, 2.24) is 4.72 Å². The first-order valence-electron chi connectivity index (χ1n) is 5.92. The van der Waals surface area contributed by atoms with E-state index in [9.17, 15) is 8.42 Å². The van der Waals surface area contributed by atoms with Crippen LogP contribution in [0.1, 0.15) is 18.5 Å². The van der Waals surface area contributed by atoms with Gasteiger partial charge in [0.15, 0.2) is 0 Å². The second kappa shape index (κ2) is 6.14. The maximum Gasteiger partial charge on any atom is 0.242 e. The van der Waals surface area contributed by atoms with E-state index in [0.717, 1.165) is 5.56 Å². The molecule has 1 N–H and O–H groups in total. The van der Waals surface area contributed by atoms with Gasteiger partial charge in [-0.25, -0.2) is 13.1 Å². The Bertz CT molecular complexity index is 702. The van der Waals surface area contributed by atoms with Crippen LogP contribution >= 0.6 is 23.2 Å². The summed E-state index contributed by atoms with van der Waals surface area (Å²) in [5.41, 5.74) is 0.870. The molecule has 2 aromatic rings. The van der Waals surface area contributed by atoms with Crippen molar-refractivity contribution in [3.05, 3.63) is 64.1 Å². The molecule has 2 rings (SSSR count). The minimum atomic E-state index is -3.73. The van der Waals surface area contributed by atoms with Gasteiger partial charge in [-0.05, 0) is 30.7 Å². The summed E-state index contributed by atoms with van der Waals surface area (Å²) in [4.78, 5) is -0.0190. The molecule has 20 heavy (non-hydrogen) atoms. The molecule has 0 aromatic heterocycles. The maximum atomic E-state index is 12.3. The third-order valence-corrected chi connectivity index (χ3v) is 5.07. The Labute approximate surface area is 128 Å². The largest absolute Gasteiger partial charge is 0.242 e. The van der Waals surface area contributed by atoms with Crippen molar-refractivity contribution in [2.45, 2.75) is 17.9 Å². The Hall–Kier alpha value is -1.07. The summed E-state index contributed by atoms with van der Waals surface area (Å²) in [6.07, 6.45) is 0. The maximum absolute atomic E-state index is 12.3. The molecular weight excluding hydrogens is 317 g/mol. The molecule has 6 heteroatoms. The van der Waals surface area contributed by atoms with E-state index in [1.54, 1.807) is 13.0 Å². The lowest BCUT2D eigenvalue weighted by Crippen LogP contribution is -2.27. The monoisotopic (exact) mass is 329 g/mol. The molecule has 106 valence electrons. The van der Waals surface area contributed by atoms with Crippen LogP contribution in [0.25, 0.3) is 0 Å². The smallest absolute Gasteiger partial charge is 0.207 e. The van der Waals surface area contributed by atoms with Crippen molar-refractivity contribution in [3.8, 4) is 0 Å². The molecule has 0 aliphatic carbocycles. The number of rotatable bonds is 4. The van der Waals surface area contributed by atoms with E-state index in [-0.39, 0.29) is 16.0 Å². The molecule has 1 atom stereocenters. The van der Waals surface area contributed by atoms with E-state index in [1.807, 2.05) is 30.3 Å². The van der Waals surface area contributed by atoms with Gasteiger partial charge in [0, 0.05) is 11.1 Å². The van der Waals surface area contributed by atoms with Crippen LogP contribution in [-0.4, -0.2) is 8.42 Å². The third-order valence-electron chi connectivity index (χ3n) is 2.81. The van der Waals surface area contributed by atoms with Crippen molar-refractivity contribution in [1.29, 1.82) is 0 Å². The van der Waals surface area contributed by atoms with E-state index in [1.165, 1.54) is 12.1 Å². The molecule has 0 aliphatic rings. The predicted molar refractivity (Wildman–Crippen MR) is 81.6 cm³/mol. The van der Waals surface area contributed by atoms with Crippen molar-refractivity contribution in [3.63, 3.8) is 0 Å². The van der Waals surface area contributed by atoms with Crippen molar-refractivity contribution in [2.75, 3.05) is 0 Å². The lowest BCUT2D eigenvalue weighted by molar-refractivity contribution is 0.567. The number of benzene rings is 2. The van der Waals surface area contributed by atoms with Gasteiger partial charge in [-0.1, -0.05) is 53.5 Å². The van der Waals surface area contributed by atoms with Gasteiger partial charge in [-0.3, -0.25) is 0 Å². The van der Waals surface area contributed by atoms with E-state index in [2.05, 4.69) is 4.72 Å². The van der Waals surface area contributed by atoms with Crippen molar-refractivity contribution in [2.24, 2.45) is 0 Å². The molecule has 0 heterocycles. The van der Waals surface area contributed by atoms with Crippen molar-refractivity contribution < 1.29 is 8.42 Å². The highest BCUT2D eigenvalue weighted by atomic mass is 35.5. The molecule has 0 bridgehead atoms. The summed E-state index contributed by atoms with van der Waals surface area (Å²) in [6.45, 7) is 1.77. The van der Waals surface area contributed by atoms with Gasteiger partial charge in [0.25, 0.3) is 0 Å². The minimum absolute atomic E-state index is 0.0190. The number of hydrogen-bond donors (Lipinski definition) is 1. The SMILES string of the molecule is C[C@H](NS(=O)(=O)c1cc(Cl)ccc1Cl)c1ccccc1. The van der Waals surface area contributed by atoms with Gasteiger partial charge < -0.3 is 0 Å². The van der Waals surface area contributed by atoms with Gasteiger partial charge in [0.2, 0.25) is 10.0 Å². The zero-order valence-electron chi connectivity index (χ0n) is 10.7. The highest BCUT2D eigenvalue weighted by Gasteiger charge is 2.21. The molecule has 0 unspecified atom stereocenters. The molecule has 0 fully saturated rings. The Morgan fingerprint density at radius 3 is 2.35 bits per heavy atom. The summed E-state index contributed by atoms with van der Waals surface area (Å²) < 4.78 is 27.3. The standard InChI is InChI=1S/C14H13Cl2NO2S/c1-10(11-5-3-2-4-6-11)17-20(18,19)14-9-12(15)7-8-13(14)16/h2-10,17H,1H3/t10-/m0/s1. The fraction of sp³-hybridized carbons (Fsp3) is 0.143. The molecular formula is C14H13Cl2NO2S. The van der Waals surface area contributed by atoms with Crippen LogP contribution < -0.4 is 4.72 Å². The third kappa shape index (κ3) is 3.52. The summed E-state index contributed by atoms with van der Waals surface area (Å²) in [7, 11) is -3.73. The zero-order valence-corrected chi connectivity index (χ0v) is 13.0. The Kier molecular flexibility index (Phi) is 4.70.